The van der Waals surface area contributed by atoms with Crippen LogP contribution in [-0.2, 0) is 9.53 Å². The summed E-state index contributed by atoms with van der Waals surface area (Å²) in [5.74, 6) is 0.363. The molecule has 1 saturated heterocycles. The van der Waals surface area contributed by atoms with E-state index in [9.17, 15) is 4.79 Å². The molecule has 1 unspecified atom stereocenters. The van der Waals surface area contributed by atoms with Gasteiger partial charge in [-0.3, -0.25) is 4.79 Å². The molecule has 1 amide bonds. The molecule has 1 aliphatic heterocycles. The van der Waals surface area contributed by atoms with Crippen LogP contribution in [0.15, 0.2) is 0 Å². The van der Waals surface area contributed by atoms with Gasteiger partial charge in [-0.05, 0) is 32.2 Å². The predicted octanol–water partition coefficient (Wildman–Crippen LogP) is 2.26. The van der Waals surface area contributed by atoms with E-state index in [2.05, 4.69) is 17.6 Å². The molecule has 1 aliphatic carbocycles. The minimum atomic E-state index is -0.0873. The fourth-order valence-electron chi connectivity index (χ4n) is 3.16. The number of hydrogen-bond acceptors (Lipinski definition) is 3. The fourth-order valence-corrected chi connectivity index (χ4v) is 3.16. The number of carbonyl (C=O) groups is 1. The predicted molar refractivity (Wildman–Crippen MR) is 83.3 cm³/mol. The highest BCUT2D eigenvalue weighted by molar-refractivity contribution is 5.85. The average Bonchev–Trinajstić information content (AvgIpc) is 2.98. The first-order valence-electron chi connectivity index (χ1n) is 7.88. The largest absolute Gasteiger partial charge is 0.373 e. The Balaban J connectivity index is 0.00000200. The molecular weight excluding hydrogens is 276 g/mol. The molecule has 0 spiro atoms. The van der Waals surface area contributed by atoms with Crippen molar-refractivity contribution < 1.29 is 9.53 Å². The third-order valence-electron chi connectivity index (χ3n) is 4.39. The van der Waals surface area contributed by atoms with Crippen molar-refractivity contribution in [3.8, 4) is 0 Å². The Bertz CT molecular complexity index is 288. The lowest BCUT2D eigenvalue weighted by Crippen LogP contribution is -2.48. The maximum atomic E-state index is 12.1. The van der Waals surface area contributed by atoms with Crippen molar-refractivity contribution in [2.75, 3.05) is 26.2 Å². The monoisotopic (exact) mass is 304 g/mol. The lowest BCUT2D eigenvalue weighted by molar-refractivity contribution is -0.127. The van der Waals surface area contributed by atoms with Crippen LogP contribution in [0.1, 0.15) is 51.9 Å². The first-order chi connectivity index (χ1) is 9.26. The SMILES string of the molecule is CCCOC1(CNC(=O)C2CCNC2)CCCCC1.Cl. The summed E-state index contributed by atoms with van der Waals surface area (Å²) in [4.78, 5) is 12.1. The zero-order valence-corrected chi connectivity index (χ0v) is 13.4. The average molecular weight is 305 g/mol. The summed E-state index contributed by atoms with van der Waals surface area (Å²) >= 11 is 0. The molecule has 1 saturated carbocycles. The lowest BCUT2D eigenvalue weighted by atomic mass is 9.84. The van der Waals surface area contributed by atoms with Crippen molar-refractivity contribution in [3.05, 3.63) is 0 Å². The fraction of sp³-hybridized carbons (Fsp3) is 0.933. The Labute approximate surface area is 128 Å². The molecule has 1 heterocycles. The van der Waals surface area contributed by atoms with Gasteiger partial charge in [0.05, 0.1) is 11.5 Å². The van der Waals surface area contributed by atoms with Gasteiger partial charge in [-0.1, -0.05) is 26.2 Å². The summed E-state index contributed by atoms with van der Waals surface area (Å²) in [5, 5.41) is 6.38. The van der Waals surface area contributed by atoms with Crippen LogP contribution in [0.3, 0.4) is 0 Å². The highest BCUT2D eigenvalue weighted by atomic mass is 35.5. The standard InChI is InChI=1S/C15H28N2O2.ClH/c1-2-10-19-15(7-4-3-5-8-15)12-17-14(18)13-6-9-16-11-13;/h13,16H,2-12H2,1H3,(H,17,18);1H. The van der Waals surface area contributed by atoms with Gasteiger partial charge in [0, 0.05) is 19.7 Å². The minimum absolute atomic E-state index is 0. The van der Waals surface area contributed by atoms with Gasteiger partial charge in [-0.2, -0.15) is 0 Å². The van der Waals surface area contributed by atoms with Crippen molar-refractivity contribution in [1.29, 1.82) is 0 Å². The van der Waals surface area contributed by atoms with Crippen LogP contribution in [0, 0.1) is 5.92 Å². The molecule has 0 bridgehead atoms. The summed E-state index contributed by atoms with van der Waals surface area (Å²) < 4.78 is 6.10. The van der Waals surface area contributed by atoms with Crippen LogP contribution in [0.2, 0.25) is 0 Å². The Morgan fingerprint density at radius 1 is 1.35 bits per heavy atom. The zero-order chi connectivity index (χ0) is 13.6. The highest BCUT2D eigenvalue weighted by Gasteiger charge is 2.34. The number of amides is 1. The van der Waals surface area contributed by atoms with Gasteiger partial charge in [0.15, 0.2) is 0 Å². The van der Waals surface area contributed by atoms with E-state index in [4.69, 9.17) is 4.74 Å². The molecule has 5 heteroatoms. The number of carbonyl (C=O) groups excluding carboxylic acids is 1. The van der Waals surface area contributed by atoms with Crippen LogP contribution in [0.5, 0.6) is 0 Å². The topological polar surface area (TPSA) is 50.4 Å². The van der Waals surface area contributed by atoms with Crippen molar-refractivity contribution in [1.82, 2.24) is 10.6 Å². The van der Waals surface area contributed by atoms with E-state index in [1.165, 1.54) is 19.3 Å². The number of rotatable bonds is 6. The van der Waals surface area contributed by atoms with Crippen LogP contribution in [0.25, 0.3) is 0 Å². The summed E-state index contributed by atoms with van der Waals surface area (Å²) in [6.07, 6.45) is 7.95. The summed E-state index contributed by atoms with van der Waals surface area (Å²) in [6, 6.07) is 0. The molecule has 2 fully saturated rings. The van der Waals surface area contributed by atoms with E-state index < -0.39 is 0 Å². The molecule has 20 heavy (non-hydrogen) atoms. The van der Waals surface area contributed by atoms with E-state index >= 15 is 0 Å². The van der Waals surface area contributed by atoms with Crippen LogP contribution >= 0.6 is 12.4 Å². The van der Waals surface area contributed by atoms with E-state index in [-0.39, 0.29) is 29.8 Å². The van der Waals surface area contributed by atoms with Gasteiger partial charge in [0.2, 0.25) is 5.91 Å². The molecule has 0 aromatic carbocycles. The molecule has 0 aromatic heterocycles. The summed E-state index contributed by atoms with van der Waals surface area (Å²) in [6.45, 7) is 5.44. The van der Waals surface area contributed by atoms with Crippen molar-refractivity contribution in [2.45, 2.75) is 57.5 Å². The number of nitrogens with one attached hydrogen (secondary N) is 2. The second-order valence-electron chi connectivity index (χ2n) is 6.00. The number of halogens is 1. The molecule has 0 radical (unpaired) electrons. The molecule has 1 atom stereocenters. The first-order valence-corrected chi connectivity index (χ1v) is 7.88. The van der Waals surface area contributed by atoms with E-state index in [1.54, 1.807) is 0 Å². The molecule has 118 valence electrons. The van der Waals surface area contributed by atoms with E-state index in [1.807, 2.05) is 0 Å². The second kappa shape index (κ2) is 8.85. The Hall–Kier alpha value is -0.320. The highest BCUT2D eigenvalue weighted by Crippen LogP contribution is 2.31. The van der Waals surface area contributed by atoms with E-state index in [0.717, 1.165) is 45.4 Å². The summed E-state index contributed by atoms with van der Waals surface area (Å²) in [7, 11) is 0. The van der Waals surface area contributed by atoms with Crippen LogP contribution in [-0.4, -0.2) is 37.7 Å². The maximum absolute atomic E-state index is 12.1. The molecule has 0 aromatic rings. The van der Waals surface area contributed by atoms with E-state index in [0.29, 0.717) is 6.54 Å². The lowest BCUT2D eigenvalue weighted by Gasteiger charge is -2.37. The second-order valence-corrected chi connectivity index (χ2v) is 6.00. The van der Waals surface area contributed by atoms with Crippen LogP contribution < -0.4 is 10.6 Å². The van der Waals surface area contributed by atoms with Crippen LogP contribution in [0.4, 0.5) is 0 Å². The molecule has 2 N–H and O–H groups in total. The molecule has 4 nitrogen and oxygen atoms in total. The van der Waals surface area contributed by atoms with Gasteiger partial charge >= 0.3 is 0 Å². The normalized spacial score (nSPS) is 24.9. The Morgan fingerprint density at radius 3 is 2.70 bits per heavy atom. The third-order valence-corrected chi connectivity index (χ3v) is 4.39. The Morgan fingerprint density at radius 2 is 2.10 bits per heavy atom. The van der Waals surface area contributed by atoms with Gasteiger partial charge in [-0.15, -0.1) is 12.4 Å². The first kappa shape index (κ1) is 17.7. The van der Waals surface area contributed by atoms with Crippen molar-refractivity contribution in [3.63, 3.8) is 0 Å². The maximum Gasteiger partial charge on any atom is 0.224 e. The third kappa shape index (κ3) is 4.90. The molecular formula is C15H29ClN2O2. The molecule has 2 aliphatic rings. The number of ether oxygens (including phenoxy) is 1. The smallest absolute Gasteiger partial charge is 0.224 e. The summed E-state index contributed by atoms with van der Waals surface area (Å²) in [5.41, 5.74) is -0.0873. The van der Waals surface area contributed by atoms with Crippen molar-refractivity contribution in [2.24, 2.45) is 5.92 Å². The quantitative estimate of drug-likeness (QED) is 0.791. The van der Waals surface area contributed by atoms with Gasteiger partial charge in [0.1, 0.15) is 0 Å². The zero-order valence-electron chi connectivity index (χ0n) is 12.6. The van der Waals surface area contributed by atoms with Gasteiger partial charge in [-0.25, -0.2) is 0 Å². The van der Waals surface area contributed by atoms with Gasteiger partial charge < -0.3 is 15.4 Å². The molecule has 2 rings (SSSR count). The Kier molecular flexibility index (Phi) is 7.85. The van der Waals surface area contributed by atoms with Gasteiger partial charge in [0.25, 0.3) is 0 Å². The van der Waals surface area contributed by atoms with Crippen molar-refractivity contribution >= 4 is 18.3 Å². The minimum Gasteiger partial charge on any atom is -0.373 e. The number of hydrogen-bond donors (Lipinski definition) is 2.